The van der Waals surface area contributed by atoms with Crippen LogP contribution < -0.4 is 11.1 Å². The first kappa shape index (κ1) is 12.9. The molecule has 3 N–H and O–H groups in total. The quantitative estimate of drug-likeness (QED) is 0.706. The zero-order valence-corrected chi connectivity index (χ0v) is 9.93. The van der Waals surface area contributed by atoms with E-state index in [0.717, 1.165) is 0 Å². The van der Waals surface area contributed by atoms with Crippen LogP contribution in [0.5, 0.6) is 0 Å². The molecule has 0 bridgehead atoms. The molecule has 8 nitrogen and oxygen atoms in total. The van der Waals surface area contributed by atoms with Crippen LogP contribution in [0.4, 0.5) is 5.82 Å². The molecule has 0 saturated heterocycles. The molecule has 0 spiro atoms. The zero-order chi connectivity index (χ0) is 13.0. The van der Waals surface area contributed by atoms with Gasteiger partial charge in [-0.15, -0.1) is 0 Å². The van der Waals surface area contributed by atoms with Gasteiger partial charge in [0.15, 0.2) is 0 Å². The number of hydrogen-bond donors (Lipinski definition) is 2. The molecular weight excluding hydrogens is 226 g/mol. The van der Waals surface area contributed by atoms with Gasteiger partial charge in [0, 0.05) is 20.6 Å². The van der Waals surface area contributed by atoms with E-state index in [0.29, 0.717) is 0 Å². The molecule has 1 atom stereocenters. The van der Waals surface area contributed by atoms with E-state index >= 15 is 0 Å². The van der Waals surface area contributed by atoms with Crippen molar-refractivity contribution in [1.29, 1.82) is 0 Å². The largest absolute Gasteiger partial charge is 0.379 e. The molecule has 8 heteroatoms. The van der Waals surface area contributed by atoms with Crippen LogP contribution in [0.3, 0.4) is 0 Å². The molecule has 1 rings (SSSR count). The number of hydrogen-bond acceptors (Lipinski definition) is 6. The van der Waals surface area contributed by atoms with Gasteiger partial charge in [-0.25, -0.2) is 4.63 Å². The molecule has 0 aromatic carbocycles. The van der Waals surface area contributed by atoms with E-state index < -0.39 is 5.91 Å². The normalized spacial score (nSPS) is 11.9. The number of nitrogens with zero attached hydrogens (tertiary/aromatic N) is 3. The first-order chi connectivity index (χ1) is 7.97. The van der Waals surface area contributed by atoms with Gasteiger partial charge in [0.05, 0.1) is 5.92 Å². The van der Waals surface area contributed by atoms with Crippen molar-refractivity contribution in [2.75, 3.05) is 26.4 Å². The topological polar surface area (TPSA) is 114 Å². The number of aromatic nitrogens is 2. The van der Waals surface area contributed by atoms with Gasteiger partial charge in [0.2, 0.25) is 17.4 Å². The Kier molecular flexibility index (Phi) is 4.02. The Hall–Kier alpha value is -2.12. The highest BCUT2D eigenvalue weighted by Crippen LogP contribution is 2.09. The molecule has 0 aliphatic rings. The molecule has 1 aromatic rings. The lowest BCUT2D eigenvalue weighted by molar-refractivity contribution is -0.124. The Morgan fingerprint density at radius 1 is 1.53 bits per heavy atom. The summed E-state index contributed by atoms with van der Waals surface area (Å²) in [6.07, 6.45) is 0. The summed E-state index contributed by atoms with van der Waals surface area (Å²) in [5.41, 5.74) is 5.36. The number of carbonyl (C=O) groups excluding carboxylic acids is 2. The predicted molar refractivity (Wildman–Crippen MR) is 58.9 cm³/mol. The second-order valence-corrected chi connectivity index (χ2v) is 3.70. The van der Waals surface area contributed by atoms with E-state index in [1.165, 1.54) is 4.90 Å². The number of amides is 2. The fourth-order valence-electron chi connectivity index (χ4n) is 1.35. The number of nitrogen functional groups attached to an aromatic ring is 1. The van der Waals surface area contributed by atoms with E-state index in [-0.39, 0.29) is 29.9 Å². The second-order valence-electron chi connectivity index (χ2n) is 3.70. The van der Waals surface area contributed by atoms with Crippen LogP contribution in [0.2, 0.25) is 0 Å². The van der Waals surface area contributed by atoms with Crippen LogP contribution in [0, 0.1) is 5.92 Å². The van der Waals surface area contributed by atoms with Crippen molar-refractivity contribution >= 4 is 17.6 Å². The fourth-order valence-corrected chi connectivity index (χ4v) is 1.35. The van der Waals surface area contributed by atoms with Crippen molar-refractivity contribution in [3.05, 3.63) is 5.69 Å². The number of carbonyl (C=O) groups is 2. The summed E-state index contributed by atoms with van der Waals surface area (Å²) in [5.74, 6) is -0.958. The summed E-state index contributed by atoms with van der Waals surface area (Å²) in [7, 11) is 3.09. The maximum atomic E-state index is 11.8. The highest BCUT2D eigenvalue weighted by Gasteiger charge is 2.23. The van der Waals surface area contributed by atoms with Crippen LogP contribution in [0.25, 0.3) is 0 Å². The fraction of sp³-hybridized carbons (Fsp3) is 0.556. The van der Waals surface area contributed by atoms with Gasteiger partial charge < -0.3 is 16.0 Å². The van der Waals surface area contributed by atoms with Crippen molar-refractivity contribution in [3.8, 4) is 0 Å². The van der Waals surface area contributed by atoms with E-state index in [1.807, 2.05) is 0 Å². The minimum Gasteiger partial charge on any atom is -0.379 e. The summed E-state index contributed by atoms with van der Waals surface area (Å²) in [5, 5.41) is 9.23. The SMILES string of the molecule is CNC(=O)C(C)CN(C)C(=O)c1nonc1N. The lowest BCUT2D eigenvalue weighted by Gasteiger charge is -2.19. The van der Waals surface area contributed by atoms with Crippen molar-refractivity contribution in [3.63, 3.8) is 0 Å². The molecule has 1 aromatic heterocycles. The van der Waals surface area contributed by atoms with Crippen LogP contribution in [-0.4, -0.2) is 47.7 Å². The van der Waals surface area contributed by atoms with Gasteiger partial charge in [-0.2, -0.15) is 0 Å². The van der Waals surface area contributed by atoms with Gasteiger partial charge in [0.25, 0.3) is 5.91 Å². The molecule has 2 amide bonds. The van der Waals surface area contributed by atoms with Crippen molar-refractivity contribution in [2.24, 2.45) is 5.92 Å². The molecule has 1 unspecified atom stereocenters. The Balaban J connectivity index is 2.65. The predicted octanol–water partition coefficient (Wildman–Crippen LogP) is -0.894. The molecule has 0 aliphatic carbocycles. The van der Waals surface area contributed by atoms with E-state index in [4.69, 9.17) is 5.73 Å². The highest BCUT2D eigenvalue weighted by molar-refractivity contribution is 5.96. The Bertz CT molecular complexity index is 417. The molecular formula is C9H15N5O3. The molecule has 94 valence electrons. The zero-order valence-electron chi connectivity index (χ0n) is 9.93. The first-order valence-corrected chi connectivity index (χ1v) is 5.02. The second kappa shape index (κ2) is 5.28. The van der Waals surface area contributed by atoms with Crippen molar-refractivity contribution in [1.82, 2.24) is 20.5 Å². The van der Waals surface area contributed by atoms with Gasteiger partial charge in [-0.05, 0) is 10.3 Å². The molecule has 17 heavy (non-hydrogen) atoms. The third-order valence-electron chi connectivity index (χ3n) is 2.30. The van der Waals surface area contributed by atoms with Crippen molar-refractivity contribution < 1.29 is 14.2 Å². The van der Waals surface area contributed by atoms with Crippen LogP contribution >= 0.6 is 0 Å². The molecule has 0 aliphatic heterocycles. The summed E-state index contributed by atoms with van der Waals surface area (Å²) in [4.78, 5) is 24.5. The molecule has 0 radical (unpaired) electrons. The van der Waals surface area contributed by atoms with Crippen LogP contribution in [0.15, 0.2) is 4.63 Å². The average Bonchev–Trinajstić information content (AvgIpc) is 2.73. The van der Waals surface area contributed by atoms with E-state index in [2.05, 4.69) is 20.3 Å². The number of anilines is 1. The summed E-state index contributed by atoms with van der Waals surface area (Å²) >= 11 is 0. The lowest BCUT2D eigenvalue weighted by Crippen LogP contribution is -2.37. The number of nitrogens with two attached hydrogens (primary N) is 1. The maximum absolute atomic E-state index is 11.8. The Labute approximate surface area is 98.1 Å². The molecule has 1 heterocycles. The standard InChI is InChI=1S/C9H15N5O3/c1-5(8(15)11-2)4-14(3)9(16)6-7(10)13-17-12-6/h5H,4H2,1-3H3,(H2,10,13)(H,11,15). The number of rotatable bonds is 4. The molecule has 0 fully saturated rings. The minimum atomic E-state index is -0.431. The first-order valence-electron chi connectivity index (χ1n) is 5.02. The summed E-state index contributed by atoms with van der Waals surface area (Å²) in [6, 6.07) is 0. The van der Waals surface area contributed by atoms with E-state index in [9.17, 15) is 9.59 Å². The average molecular weight is 241 g/mol. The molecule has 0 saturated carbocycles. The Morgan fingerprint density at radius 2 is 2.18 bits per heavy atom. The highest BCUT2D eigenvalue weighted by atomic mass is 16.6. The summed E-state index contributed by atoms with van der Waals surface area (Å²) in [6.45, 7) is 1.97. The van der Waals surface area contributed by atoms with E-state index in [1.54, 1.807) is 21.0 Å². The van der Waals surface area contributed by atoms with Crippen molar-refractivity contribution in [2.45, 2.75) is 6.92 Å². The lowest BCUT2D eigenvalue weighted by atomic mass is 10.1. The monoisotopic (exact) mass is 241 g/mol. The maximum Gasteiger partial charge on any atom is 0.279 e. The van der Waals surface area contributed by atoms with Gasteiger partial charge in [-0.1, -0.05) is 6.92 Å². The smallest absolute Gasteiger partial charge is 0.279 e. The van der Waals surface area contributed by atoms with Gasteiger partial charge in [0.1, 0.15) is 0 Å². The third-order valence-corrected chi connectivity index (χ3v) is 2.30. The summed E-state index contributed by atoms with van der Waals surface area (Å²) < 4.78 is 4.34. The third kappa shape index (κ3) is 2.92. The Morgan fingerprint density at radius 3 is 2.65 bits per heavy atom. The van der Waals surface area contributed by atoms with Gasteiger partial charge in [-0.3, -0.25) is 9.59 Å². The van der Waals surface area contributed by atoms with Crippen LogP contribution in [-0.2, 0) is 4.79 Å². The number of nitrogens with one attached hydrogen (secondary N) is 1. The van der Waals surface area contributed by atoms with Gasteiger partial charge >= 0.3 is 0 Å². The minimum absolute atomic E-state index is 0.0448. The van der Waals surface area contributed by atoms with Crippen LogP contribution in [0.1, 0.15) is 17.4 Å².